The number of benzene rings is 2. The van der Waals surface area contributed by atoms with Gasteiger partial charge in [-0.1, -0.05) is 42.5 Å². The van der Waals surface area contributed by atoms with Crippen molar-refractivity contribution >= 4 is 23.4 Å². The molecule has 3 atom stereocenters. The van der Waals surface area contributed by atoms with Crippen LogP contribution in [-0.2, 0) is 14.4 Å². The average molecular weight is 406 g/mol. The number of carbonyl (C=O) groups is 3. The summed E-state index contributed by atoms with van der Waals surface area (Å²) in [7, 11) is 0. The number of hydrogen-bond acceptors (Lipinski definition) is 4. The molecule has 7 nitrogen and oxygen atoms in total. The van der Waals surface area contributed by atoms with E-state index in [-0.39, 0.29) is 17.9 Å². The maximum atomic E-state index is 13.3. The summed E-state index contributed by atoms with van der Waals surface area (Å²) in [4.78, 5) is 38.5. The van der Waals surface area contributed by atoms with Gasteiger partial charge >= 0.3 is 0 Å². The topological polar surface area (TPSA) is 90.5 Å². The molecule has 1 saturated heterocycles. The summed E-state index contributed by atoms with van der Waals surface area (Å²) in [6.07, 6.45) is 1.70. The second-order valence-corrected chi connectivity index (χ2v) is 7.86. The first-order chi connectivity index (χ1) is 14.5. The number of hydrazine groups is 1. The number of para-hydroxylation sites is 1. The minimum atomic E-state index is -0.777. The van der Waals surface area contributed by atoms with Crippen LogP contribution in [0.25, 0.3) is 11.1 Å². The molecule has 2 aliphatic rings. The van der Waals surface area contributed by atoms with Gasteiger partial charge in [0.15, 0.2) is 0 Å². The van der Waals surface area contributed by atoms with Crippen molar-refractivity contribution in [2.24, 2.45) is 0 Å². The second-order valence-electron chi connectivity index (χ2n) is 7.86. The third kappa shape index (κ3) is 3.68. The number of amides is 3. The molecule has 1 fully saturated rings. The lowest BCUT2D eigenvalue weighted by atomic mass is 9.92. The van der Waals surface area contributed by atoms with Crippen LogP contribution < -0.4 is 21.1 Å². The SMILES string of the molecule is CC1C(=O)N(NC(=O)[C@H](C)NC(=O)[C@@H]2CCCN2)c2ccccc2-c2ccccc21. The summed E-state index contributed by atoms with van der Waals surface area (Å²) in [6, 6.07) is 14.2. The molecule has 7 heteroatoms. The summed E-state index contributed by atoms with van der Waals surface area (Å²) in [6.45, 7) is 4.26. The minimum Gasteiger partial charge on any atom is -0.343 e. The van der Waals surface area contributed by atoms with Gasteiger partial charge in [0.05, 0.1) is 17.6 Å². The highest BCUT2D eigenvalue weighted by Gasteiger charge is 2.33. The molecule has 2 aromatic carbocycles. The van der Waals surface area contributed by atoms with E-state index < -0.39 is 17.9 Å². The van der Waals surface area contributed by atoms with Crippen molar-refractivity contribution in [2.75, 3.05) is 11.6 Å². The summed E-state index contributed by atoms with van der Waals surface area (Å²) in [5.74, 6) is -1.29. The van der Waals surface area contributed by atoms with Crippen molar-refractivity contribution in [1.29, 1.82) is 0 Å². The third-order valence-corrected chi connectivity index (χ3v) is 5.80. The standard InChI is InChI=1S/C23H26N4O3/c1-14-16-8-3-4-9-17(16)18-10-5-6-12-20(18)27(23(14)30)26-21(28)15(2)25-22(29)19-11-7-13-24-19/h3-6,8-10,12,14-15,19,24H,7,11,13H2,1-2H3,(H,25,29)(H,26,28)/t14?,15-,19-/m0/s1. The van der Waals surface area contributed by atoms with E-state index in [1.807, 2.05) is 55.5 Å². The van der Waals surface area contributed by atoms with Crippen molar-refractivity contribution in [3.63, 3.8) is 0 Å². The molecule has 0 aliphatic carbocycles. The number of rotatable bonds is 4. The van der Waals surface area contributed by atoms with Crippen LogP contribution in [0.4, 0.5) is 5.69 Å². The Hall–Kier alpha value is -3.19. The van der Waals surface area contributed by atoms with E-state index in [2.05, 4.69) is 16.1 Å². The molecule has 4 rings (SSSR count). The normalized spacial score (nSPS) is 21.3. The molecule has 3 N–H and O–H groups in total. The van der Waals surface area contributed by atoms with Gasteiger partial charge in [0, 0.05) is 5.56 Å². The van der Waals surface area contributed by atoms with Crippen LogP contribution in [0.15, 0.2) is 48.5 Å². The maximum absolute atomic E-state index is 13.3. The molecule has 2 aliphatic heterocycles. The van der Waals surface area contributed by atoms with Gasteiger partial charge in [0.2, 0.25) is 5.91 Å². The van der Waals surface area contributed by atoms with Gasteiger partial charge in [0.25, 0.3) is 11.8 Å². The van der Waals surface area contributed by atoms with Crippen molar-refractivity contribution in [3.05, 3.63) is 54.1 Å². The number of fused-ring (bicyclic) bond motifs is 3. The molecule has 156 valence electrons. The number of nitrogens with one attached hydrogen (secondary N) is 3. The van der Waals surface area contributed by atoms with Gasteiger partial charge in [-0.05, 0) is 50.4 Å². The zero-order valence-corrected chi connectivity index (χ0v) is 17.1. The number of nitrogens with zero attached hydrogens (tertiary/aromatic N) is 1. The predicted molar refractivity (Wildman–Crippen MR) is 115 cm³/mol. The molecule has 0 spiro atoms. The van der Waals surface area contributed by atoms with Crippen molar-refractivity contribution in [1.82, 2.24) is 16.1 Å². The number of anilines is 1. The first kappa shape index (κ1) is 20.1. The highest BCUT2D eigenvalue weighted by molar-refractivity contribution is 6.06. The molecule has 0 saturated carbocycles. The van der Waals surface area contributed by atoms with Gasteiger partial charge in [-0.3, -0.25) is 19.8 Å². The zero-order chi connectivity index (χ0) is 21.3. The van der Waals surface area contributed by atoms with Crippen LogP contribution in [-0.4, -0.2) is 36.3 Å². The van der Waals surface area contributed by atoms with Crippen LogP contribution in [0.3, 0.4) is 0 Å². The Morgan fingerprint density at radius 1 is 1.10 bits per heavy atom. The fourth-order valence-corrected chi connectivity index (χ4v) is 4.07. The Morgan fingerprint density at radius 3 is 2.53 bits per heavy atom. The highest BCUT2D eigenvalue weighted by Crippen LogP contribution is 2.39. The van der Waals surface area contributed by atoms with E-state index in [9.17, 15) is 14.4 Å². The van der Waals surface area contributed by atoms with Crippen molar-refractivity contribution < 1.29 is 14.4 Å². The monoisotopic (exact) mass is 406 g/mol. The zero-order valence-electron chi connectivity index (χ0n) is 17.1. The predicted octanol–water partition coefficient (Wildman–Crippen LogP) is 2.09. The van der Waals surface area contributed by atoms with Crippen LogP contribution in [0, 0.1) is 0 Å². The molecule has 0 aromatic heterocycles. The first-order valence-corrected chi connectivity index (χ1v) is 10.3. The van der Waals surface area contributed by atoms with Crippen LogP contribution in [0.1, 0.15) is 38.2 Å². The largest absolute Gasteiger partial charge is 0.343 e. The van der Waals surface area contributed by atoms with Crippen LogP contribution >= 0.6 is 0 Å². The lowest BCUT2D eigenvalue weighted by Crippen LogP contribution is -2.55. The lowest BCUT2D eigenvalue weighted by Gasteiger charge is -2.27. The van der Waals surface area contributed by atoms with E-state index >= 15 is 0 Å². The van der Waals surface area contributed by atoms with Crippen LogP contribution in [0.2, 0.25) is 0 Å². The van der Waals surface area contributed by atoms with Gasteiger partial charge in [-0.25, -0.2) is 5.01 Å². The van der Waals surface area contributed by atoms with Gasteiger partial charge < -0.3 is 10.6 Å². The lowest BCUT2D eigenvalue weighted by molar-refractivity contribution is -0.130. The Labute approximate surface area is 175 Å². The summed E-state index contributed by atoms with van der Waals surface area (Å²) in [5, 5.41) is 7.18. The number of hydrogen-bond donors (Lipinski definition) is 3. The molecular formula is C23H26N4O3. The van der Waals surface area contributed by atoms with E-state index in [1.165, 1.54) is 5.01 Å². The third-order valence-electron chi connectivity index (χ3n) is 5.80. The molecule has 1 unspecified atom stereocenters. The molecule has 0 bridgehead atoms. The summed E-state index contributed by atoms with van der Waals surface area (Å²) >= 11 is 0. The fraction of sp³-hybridized carbons (Fsp3) is 0.348. The minimum absolute atomic E-state index is 0.196. The van der Waals surface area contributed by atoms with Crippen molar-refractivity contribution in [2.45, 2.75) is 44.7 Å². The van der Waals surface area contributed by atoms with E-state index in [0.29, 0.717) is 5.69 Å². The average Bonchev–Trinajstić information content (AvgIpc) is 3.29. The van der Waals surface area contributed by atoms with Crippen molar-refractivity contribution in [3.8, 4) is 11.1 Å². The quantitative estimate of drug-likeness (QED) is 0.725. The molecule has 0 radical (unpaired) electrons. The number of carbonyl (C=O) groups excluding carboxylic acids is 3. The Morgan fingerprint density at radius 2 is 1.80 bits per heavy atom. The van der Waals surface area contributed by atoms with E-state index in [1.54, 1.807) is 6.92 Å². The smallest absolute Gasteiger partial charge is 0.261 e. The second kappa shape index (κ2) is 8.28. The molecular weight excluding hydrogens is 380 g/mol. The van der Waals surface area contributed by atoms with E-state index in [0.717, 1.165) is 36.1 Å². The summed E-state index contributed by atoms with van der Waals surface area (Å²) in [5.41, 5.74) is 6.11. The van der Waals surface area contributed by atoms with Crippen LogP contribution in [0.5, 0.6) is 0 Å². The maximum Gasteiger partial charge on any atom is 0.261 e. The van der Waals surface area contributed by atoms with Gasteiger partial charge in [-0.2, -0.15) is 0 Å². The fourth-order valence-electron chi connectivity index (χ4n) is 4.07. The molecule has 3 amide bonds. The summed E-state index contributed by atoms with van der Waals surface area (Å²) < 4.78 is 0. The molecule has 30 heavy (non-hydrogen) atoms. The van der Waals surface area contributed by atoms with E-state index in [4.69, 9.17) is 0 Å². The Bertz CT molecular complexity index is 984. The Kier molecular flexibility index (Phi) is 5.55. The highest BCUT2D eigenvalue weighted by atomic mass is 16.2. The van der Waals surface area contributed by atoms with Gasteiger partial charge in [0.1, 0.15) is 6.04 Å². The Balaban J connectivity index is 1.58. The first-order valence-electron chi connectivity index (χ1n) is 10.3. The van der Waals surface area contributed by atoms with Gasteiger partial charge in [-0.15, -0.1) is 0 Å². The molecule has 2 aromatic rings. The molecule has 2 heterocycles.